The lowest BCUT2D eigenvalue weighted by atomic mass is 10.1. The quantitative estimate of drug-likeness (QED) is 0.425. The van der Waals surface area contributed by atoms with Crippen LogP contribution in [0, 0.1) is 0 Å². The Bertz CT molecular complexity index is 1060. The lowest BCUT2D eigenvalue weighted by Gasteiger charge is -2.21. The Hall–Kier alpha value is -3.61. The Kier molecular flexibility index (Phi) is 7.30. The van der Waals surface area contributed by atoms with Gasteiger partial charge in [0, 0.05) is 24.0 Å². The first-order chi connectivity index (χ1) is 15.3. The lowest BCUT2D eigenvalue weighted by molar-refractivity contribution is -0.152. The van der Waals surface area contributed by atoms with Crippen LogP contribution in [0.4, 0.5) is 5.69 Å². The summed E-state index contributed by atoms with van der Waals surface area (Å²) in [5, 5.41) is 12.1. The van der Waals surface area contributed by atoms with Gasteiger partial charge in [0.25, 0.3) is 5.91 Å². The van der Waals surface area contributed by atoms with Gasteiger partial charge >= 0.3 is 5.97 Å². The first-order valence-corrected chi connectivity index (χ1v) is 10.8. The zero-order valence-corrected chi connectivity index (χ0v) is 18.7. The molecular formula is C25H29N3O4. The topological polar surface area (TPSA) is 93.5 Å². The summed E-state index contributed by atoms with van der Waals surface area (Å²) < 4.78 is 7.58. The number of anilines is 1. The van der Waals surface area contributed by atoms with Crippen LogP contribution in [0.15, 0.2) is 60.8 Å². The molecule has 0 atom stereocenters. The number of carbonyl (C=O) groups is 2. The highest BCUT2D eigenvalue weighted by Crippen LogP contribution is 2.25. The zero-order valence-electron chi connectivity index (χ0n) is 18.7. The lowest BCUT2D eigenvalue weighted by Crippen LogP contribution is -2.37. The van der Waals surface area contributed by atoms with E-state index < -0.39 is 11.6 Å². The first-order valence-electron chi connectivity index (χ1n) is 10.8. The van der Waals surface area contributed by atoms with Crippen molar-refractivity contribution < 1.29 is 19.4 Å². The molecule has 0 unspecified atom stereocenters. The maximum absolute atomic E-state index is 12.8. The second-order valence-corrected chi connectivity index (χ2v) is 8.11. The van der Waals surface area contributed by atoms with E-state index in [2.05, 4.69) is 17.2 Å². The Morgan fingerprint density at radius 3 is 2.38 bits per heavy atom. The molecule has 1 heterocycles. The standard InChI is InChI=1S/C25H29N3O4/c1-4-5-9-16-28-17-21(23(29)26-19-10-7-6-8-11-19)27-22(28)18-12-14-20(15-13-18)32-25(2,3)24(30)31/h6-8,10-15,17H,4-5,9,16H2,1-3H3,(H,26,29)(H,30,31). The summed E-state index contributed by atoms with van der Waals surface area (Å²) in [6.45, 7) is 5.90. The Morgan fingerprint density at radius 2 is 1.75 bits per heavy atom. The van der Waals surface area contributed by atoms with Gasteiger partial charge in [-0.15, -0.1) is 0 Å². The van der Waals surface area contributed by atoms with Crippen LogP contribution in [0.25, 0.3) is 11.4 Å². The van der Waals surface area contributed by atoms with Crippen molar-refractivity contribution in [3.8, 4) is 17.1 Å². The molecule has 1 amide bonds. The van der Waals surface area contributed by atoms with Crippen LogP contribution >= 0.6 is 0 Å². The van der Waals surface area contributed by atoms with Crippen LogP contribution in [-0.4, -0.2) is 32.1 Å². The summed E-state index contributed by atoms with van der Waals surface area (Å²) in [4.78, 5) is 28.7. The molecule has 7 heteroatoms. The fraction of sp³-hybridized carbons (Fsp3) is 0.320. The van der Waals surface area contributed by atoms with Crippen molar-refractivity contribution in [3.63, 3.8) is 0 Å². The van der Waals surface area contributed by atoms with Gasteiger partial charge in [0.2, 0.25) is 0 Å². The third kappa shape index (κ3) is 5.75. The zero-order chi connectivity index (χ0) is 23.1. The van der Waals surface area contributed by atoms with Gasteiger partial charge in [-0.1, -0.05) is 38.0 Å². The number of carboxylic acids is 1. The number of rotatable bonds is 10. The minimum absolute atomic E-state index is 0.269. The highest BCUT2D eigenvalue weighted by molar-refractivity contribution is 6.03. The number of hydrogen-bond donors (Lipinski definition) is 2. The highest BCUT2D eigenvalue weighted by atomic mass is 16.5. The van der Waals surface area contributed by atoms with Crippen molar-refractivity contribution in [2.24, 2.45) is 0 Å². The molecule has 2 aromatic carbocycles. The van der Waals surface area contributed by atoms with Crippen molar-refractivity contribution in [2.45, 2.75) is 52.2 Å². The summed E-state index contributed by atoms with van der Waals surface area (Å²) in [5.74, 6) is -0.174. The number of nitrogens with one attached hydrogen (secondary N) is 1. The van der Waals surface area contributed by atoms with Crippen molar-refractivity contribution in [1.82, 2.24) is 9.55 Å². The third-order valence-corrected chi connectivity index (χ3v) is 5.04. The fourth-order valence-electron chi connectivity index (χ4n) is 3.19. The van der Waals surface area contributed by atoms with Crippen molar-refractivity contribution in [2.75, 3.05) is 5.32 Å². The van der Waals surface area contributed by atoms with Crippen molar-refractivity contribution in [3.05, 3.63) is 66.5 Å². The van der Waals surface area contributed by atoms with Crippen molar-refractivity contribution in [1.29, 1.82) is 0 Å². The molecule has 0 aliphatic rings. The number of hydrogen-bond acceptors (Lipinski definition) is 4. The second-order valence-electron chi connectivity index (χ2n) is 8.11. The second kappa shape index (κ2) is 10.1. The van der Waals surface area contributed by atoms with Crippen molar-refractivity contribution >= 4 is 17.6 Å². The Balaban J connectivity index is 1.85. The summed E-state index contributed by atoms with van der Waals surface area (Å²) >= 11 is 0. The monoisotopic (exact) mass is 435 g/mol. The molecule has 2 N–H and O–H groups in total. The van der Waals surface area contributed by atoms with Crippen LogP contribution in [0.3, 0.4) is 0 Å². The van der Waals surface area contributed by atoms with E-state index in [0.717, 1.165) is 31.4 Å². The molecular weight excluding hydrogens is 406 g/mol. The van der Waals surface area contributed by atoms with E-state index in [1.165, 1.54) is 13.8 Å². The number of carbonyl (C=O) groups excluding carboxylic acids is 1. The van der Waals surface area contributed by atoms with Gasteiger partial charge in [0.05, 0.1) is 0 Å². The molecule has 3 rings (SSSR count). The molecule has 0 aliphatic heterocycles. The summed E-state index contributed by atoms with van der Waals surface area (Å²) in [6, 6.07) is 16.3. The minimum atomic E-state index is -1.33. The van der Waals surface area contributed by atoms with Gasteiger partial charge in [0.1, 0.15) is 17.3 Å². The fourth-order valence-corrected chi connectivity index (χ4v) is 3.19. The van der Waals surface area contributed by atoms with Gasteiger partial charge in [-0.3, -0.25) is 4.79 Å². The van der Waals surface area contributed by atoms with E-state index in [0.29, 0.717) is 23.0 Å². The van der Waals surface area contributed by atoms with Crippen LogP contribution < -0.4 is 10.1 Å². The van der Waals surface area contributed by atoms with Gasteiger partial charge < -0.3 is 19.7 Å². The van der Waals surface area contributed by atoms with E-state index in [4.69, 9.17) is 4.74 Å². The molecule has 0 radical (unpaired) electrons. The Morgan fingerprint density at radius 1 is 1.06 bits per heavy atom. The number of aryl methyl sites for hydroxylation is 1. The molecule has 0 aliphatic carbocycles. The summed E-state index contributed by atoms with van der Waals surface area (Å²) in [7, 11) is 0. The van der Waals surface area contributed by atoms with Gasteiger partial charge in [-0.2, -0.15) is 0 Å². The maximum atomic E-state index is 12.8. The van der Waals surface area contributed by atoms with E-state index in [9.17, 15) is 14.7 Å². The summed E-state index contributed by atoms with van der Waals surface area (Å²) in [5.41, 5.74) is 0.540. The smallest absolute Gasteiger partial charge is 0.347 e. The van der Waals surface area contributed by atoms with E-state index in [1.54, 1.807) is 18.3 Å². The molecule has 168 valence electrons. The molecule has 3 aromatic rings. The normalized spacial score (nSPS) is 11.2. The number of para-hydroxylation sites is 1. The van der Waals surface area contributed by atoms with Gasteiger partial charge in [0.15, 0.2) is 5.60 Å². The molecule has 0 spiro atoms. The minimum Gasteiger partial charge on any atom is -0.478 e. The maximum Gasteiger partial charge on any atom is 0.347 e. The number of ether oxygens (including phenoxy) is 1. The van der Waals surface area contributed by atoms with Crippen LogP contribution in [0.1, 0.15) is 50.5 Å². The average Bonchev–Trinajstić information content (AvgIpc) is 3.19. The number of unbranched alkanes of at least 4 members (excludes halogenated alkanes) is 2. The summed E-state index contributed by atoms with van der Waals surface area (Å²) in [6.07, 6.45) is 4.94. The van der Waals surface area contributed by atoms with Gasteiger partial charge in [-0.25, -0.2) is 9.78 Å². The number of amides is 1. The van der Waals surface area contributed by atoms with Crippen LogP contribution in [-0.2, 0) is 11.3 Å². The molecule has 0 saturated heterocycles. The number of aromatic nitrogens is 2. The predicted octanol–water partition coefficient (Wildman–Crippen LogP) is 5.23. The molecule has 0 bridgehead atoms. The number of carboxylic acid groups (broad SMARTS) is 1. The number of nitrogens with zero attached hydrogens (tertiary/aromatic N) is 2. The molecule has 32 heavy (non-hydrogen) atoms. The molecule has 0 fully saturated rings. The molecule has 1 aromatic heterocycles. The number of benzene rings is 2. The largest absolute Gasteiger partial charge is 0.478 e. The van der Waals surface area contributed by atoms with Crippen LogP contribution in [0.2, 0.25) is 0 Å². The highest BCUT2D eigenvalue weighted by Gasteiger charge is 2.29. The number of aliphatic carboxylic acids is 1. The average molecular weight is 436 g/mol. The number of imidazole rings is 1. The SMILES string of the molecule is CCCCCn1cc(C(=O)Nc2ccccc2)nc1-c1ccc(OC(C)(C)C(=O)O)cc1. The Labute approximate surface area is 188 Å². The molecule has 0 saturated carbocycles. The predicted molar refractivity (Wildman–Crippen MR) is 124 cm³/mol. The third-order valence-electron chi connectivity index (χ3n) is 5.04. The first kappa shape index (κ1) is 23.1. The van der Waals surface area contributed by atoms with E-state index >= 15 is 0 Å². The van der Waals surface area contributed by atoms with E-state index in [-0.39, 0.29) is 5.91 Å². The van der Waals surface area contributed by atoms with Crippen LogP contribution in [0.5, 0.6) is 5.75 Å². The molecule has 7 nitrogen and oxygen atoms in total. The van der Waals surface area contributed by atoms with E-state index in [1.807, 2.05) is 47.0 Å². The van der Waals surface area contributed by atoms with Gasteiger partial charge in [-0.05, 0) is 56.7 Å².